The van der Waals surface area contributed by atoms with E-state index in [-0.39, 0.29) is 23.9 Å². The number of halogens is 1. The van der Waals surface area contributed by atoms with Gasteiger partial charge in [0.25, 0.3) is 5.91 Å². The lowest BCUT2D eigenvalue weighted by molar-refractivity contribution is -0.142. The van der Waals surface area contributed by atoms with E-state index in [1.807, 2.05) is 0 Å². The highest BCUT2D eigenvalue weighted by molar-refractivity contribution is 5.98. The number of nitrogens with zero attached hydrogens (tertiary/aromatic N) is 1. The molecule has 1 saturated heterocycles. The van der Waals surface area contributed by atoms with Crippen LogP contribution < -0.4 is 5.32 Å². The molecule has 0 aromatic heterocycles. The molecule has 1 aromatic rings. The molecule has 0 radical (unpaired) electrons. The van der Waals surface area contributed by atoms with Gasteiger partial charge in [-0.3, -0.25) is 14.4 Å². The largest absolute Gasteiger partial charge is 0.481 e. The van der Waals surface area contributed by atoms with E-state index in [1.54, 1.807) is 0 Å². The Morgan fingerprint density at radius 3 is 2.64 bits per heavy atom. The molecule has 6 nitrogen and oxygen atoms in total. The van der Waals surface area contributed by atoms with Crippen molar-refractivity contribution in [3.8, 4) is 0 Å². The lowest BCUT2D eigenvalue weighted by Gasteiger charge is -2.21. The van der Waals surface area contributed by atoms with Gasteiger partial charge in [-0.15, -0.1) is 0 Å². The van der Waals surface area contributed by atoms with Gasteiger partial charge in [0.2, 0.25) is 5.91 Å². The summed E-state index contributed by atoms with van der Waals surface area (Å²) in [5, 5.41) is 12.0. The number of rotatable bonds is 3. The summed E-state index contributed by atoms with van der Waals surface area (Å²) in [7, 11) is 0. The van der Waals surface area contributed by atoms with Crippen molar-refractivity contribution in [3.63, 3.8) is 0 Å². The number of aryl methyl sites for hydroxylation is 1. The molecule has 2 fully saturated rings. The van der Waals surface area contributed by atoms with Crippen LogP contribution in [-0.4, -0.2) is 40.9 Å². The van der Waals surface area contributed by atoms with E-state index >= 15 is 0 Å². The molecule has 2 atom stereocenters. The minimum Gasteiger partial charge on any atom is -0.481 e. The monoisotopic (exact) mass is 346 g/mol. The number of fused-ring (bicyclic) bond motifs is 1. The summed E-state index contributed by atoms with van der Waals surface area (Å²) in [4.78, 5) is 37.1. The van der Waals surface area contributed by atoms with Gasteiger partial charge in [-0.05, 0) is 48.8 Å². The first-order chi connectivity index (χ1) is 11.9. The van der Waals surface area contributed by atoms with E-state index in [1.165, 1.54) is 17.0 Å². The number of anilines is 1. The number of amides is 2. The van der Waals surface area contributed by atoms with E-state index in [0.717, 1.165) is 18.4 Å². The van der Waals surface area contributed by atoms with Crippen molar-refractivity contribution >= 4 is 23.5 Å². The van der Waals surface area contributed by atoms with Crippen molar-refractivity contribution in [1.29, 1.82) is 0 Å². The van der Waals surface area contributed by atoms with Crippen LogP contribution in [0.2, 0.25) is 0 Å². The number of hydrogen-bond donors (Lipinski definition) is 2. The number of carbonyl (C=O) groups excluding carboxylic acids is 2. The van der Waals surface area contributed by atoms with Gasteiger partial charge in [0.15, 0.2) is 0 Å². The van der Waals surface area contributed by atoms with Crippen LogP contribution in [0.3, 0.4) is 0 Å². The second-order valence-electron chi connectivity index (χ2n) is 7.19. The fraction of sp³-hybridized carbons (Fsp3) is 0.500. The molecular formula is C18H19FN2O4. The fourth-order valence-electron chi connectivity index (χ4n) is 3.99. The van der Waals surface area contributed by atoms with E-state index < -0.39 is 23.6 Å². The highest BCUT2D eigenvalue weighted by Crippen LogP contribution is 2.44. The molecule has 4 rings (SSSR count). The molecular weight excluding hydrogens is 327 g/mol. The molecule has 0 spiro atoms. The van der Waals surface area contributed by atoms with Gasteiger partial charge in [0.1, 0.15) is 5.82 Å². The molecule has 3 aliphatic rings. The van der Waals surface area contributed by atoms with Gasteiger partial charge in [-0.2, -0.15) is 0 Å². The minimum absolute atomic E-state index is 0.0403. The minimum atomic E-state index is -0.888. The third-order valence-electron chi connectivity index (χ3n) is 5.52. The van der Waals surface area contributed by atoms with Gasteiger partial charge in [0.05, 0.1) is 11.5 Å². The molecule has 1 aliphatic carbocycles. The molecule has 1 saturated carbocycles. The third kappa shape index (κ3) is 2.88. The standard InChI is InChI=1S/C18H19FN2O4/c19-14-6-15-10(3-4-16(22)20-15)5-11(14)17(23)21-7-12(9-1-2-9)13(8-21)18(24)25/h5-6,9,12-13H,1-4,7-8H2,(H,20,22)(H,24,25)/t12-,13+/m1/s1. The third-order valence-corrected chi connectivity index (χ3v) is 5.52. The Labute approximate surface area is 144 Å². The summed E-state index contributed by atoms with van der Waals surface area (Å²) >= 11 is 0. The molecule has 132 valence electrons. The molecule has 2 N–H and O–H groups in total. The maximum atomic E-state index is 14.4. The van der Waals surface area contributed by atoms with Crippen molar-refractivity contribution in [1.82, 2.24) is 4.90 Å². The summed E-state index contributed by atoms with van der Waals surface area (Å²) in [6.45, 7) is 0.496. The molecule has 25 heavy (non-hydrogen) atoms. The lowest BCUT2D eigenvalue weighted by Crippen LogP contribution is -2.31. The first-order valence-electron chi connectivity index (χ1n) is 8.58. The average Bonchev–Trinajstić information content (AvgIpc) is 3.31. The summed E-state index contributed by atoms with van der Waals surface area (Å²) in [5.74, 6) is -2.46. The summed E-state index contributed by atoms with van der Waals surface area (Å²) in [6, 6.07) is 2.68. The predicted molar refractivity (Wildman–Crippen MR) is 86.6 cm³/mol. The maximum absolute atomic E-state index is 14.4. The topological polar surface area (TPSA) is 86.7 Å². The Kier molecular flexibility index (Phi) is 3.74. The summed E-state index contributed by atoms with van der Waals surface area (Å²) in [5.41, 5.74) is 1.10. The van der Waals surface area contributed by atoms with E-state index in [2.05, 4.69) is 5.32 Å². The molecule has 0 unspecified atom stereocenters. The van der Waals surface area contributed by atoms with Gasteiger partial charge < -0.3 is 15.3 Å². The Morgan fingerprint density at radius 2 is 1.96 bits per heavy atom. The van der Waals surface area contributed by atoms with Crippen LogP contribution in [0, 0.1) is 23.6 Å². The van der Waals surface area contributed by atoms with Crippen LogP contribution in [0.1, 0.15) is 35.2 Å². The van der Waals surface area contributed by atoms with Gasteiger partial charge in [-0.1, -0.05) is 0 Å². The second-order valence-corrected chi connectivity index (χ2v) is 7.19. The highest BCUT2D eigenvalue weighted by Gasteiger charge is 2.47. The highest BCUT2D eigenvalue weighted by atomic mass is 19.1. The number of carboxylic acid groups (broad SMARTS) is 1. The van der Waals surface area contributed by atoms with Crippen LogP contribution in [0.15, 0.2) is 12.1 Å². The maximum Gasteiger partial charge on any atom is 0.308 e. The van der Waals surface area contributed by atoms with Crippen molar-refractivity contribution in [2.75, 3.05) is 18.4 Å². The summed E-state index contributed by atoms with van der Waals surface area (Å²) < 4.78 is 14.4. The molecule has 2 amide bonds. The Bertz CT molecular complexity index is 775. The molecule has 0 bridgehead atoms. The van der Waals surface area contributed by atoms with Crippen molar-refractivity contribution in [2.45, 2.75) is 25.7 Å². The number of benzene rings is 1. The van der Waals surface area contributed by atoms with Crippen LogP contribution in [0.5, 0.6) is 0 Å². The van der Waals surface area contributed by atoms with Crippen LogP contribution in [0.4, 0.5) is 10.1 Å². The number of likely N-dealkylation sites (tertiary alicyclic amines) is 1. The lowest BCUT2D eigenvalue weighted by atomic mass is 9.92. The van der Waals surface area contributed by atoms with Crippen LogP contribution in [-0.2, 0) is 16.0 Å². The average molecular weight is 346 g/mol. The second kappa shape index (κ2) is 5.82. The Morgan fingerprint density at radius 1 is 1.20 bits per heavy atom. The van der Waals surface area contributed by atoms with Crippen LogP contribution in [0.25, 0.3) is 0 Å². The molecule has 2 aliphatic heterocycles. The first-order valence-corrected chi connectivity index (χ1v) is 8.58. The number of carbonyl (C=O) groups is 3. The Balaban J connectivity index is 1.59. The van der Waals surface area contributed by atoms with Crippen LogP contribution >= 0.6 is 0 Å². The summed E-state index contributed by atoms with van der Waals surface area (Å²) in [6.07, 6.45) is 2.78. The number of nitrogens with one attached hydrogen (secondary N) is 1. The zero-order chi connectivity index (χ0) is 17.7. The molecule has 1 aromatic carbocycles. The Hall–Kier alpha value is -2.44. The van der Waals surface area contributed by atoms with Crippen molar-refractivity contribution in [3.05, 3.63) is 29.1 Å². The van der Waals surface area contributed by atoms with Gasteiger partial charge in [0, 0.05) is 25.2 Å². The number of carboxylic acids is 1. The van der Waals surface area contributed by atoms with Gasteiger partial charge >= 0.3 is 5.97 Å². The van der Waals surface area contributed by atoms with E-state index in [9.17, 15) is 23.9 Å². The van der Waals surface area contributed by atoms with Gasteiger partial charge in [-0.25, -0.2) is 4.39 Å². The normalized spacial score (nSPS) is 25.5. The molecule has 7 heteroatoms. The number of aliphatic carboxylic acids is 1. The number of hydrogen-bond acceptors (Lipinski definition) is 3. The van der Waals surface area contributed by atoms with E-state index in [0.29, 0.717) is 31.0 Å². The predicted octanol–water partition coefficient (Wildman–Crippen LogP) is 1.89. The fourth-order valence-corrected chi connectivity index (χ4v) is 3.99. The van der Waals surface area contributed by atoms with E-state index in [4.69, 9.17) is 0 Å². The first kappa shape index (κ1) is 16.1. The molecule has 2 heterocycles. The zero-order valence-corrected chi connectivity index (χ0v) is 13.6. The zero-order valence-electron chi connectivity index (χ0n) is 13.6. The quantitative estimate of drug-likeness (QED) is 0.875. The van der Waals surface area contributed by atoms with Crippen molar-refractivity contribution < 1.29 is 23.9 Å². The SMILES string of the molecule is O=C1CCc2cc(C(=O)N3C[C@H](C(=O)O)[C@@H](C4CC4)C3)c(F)cc2N1. The smallest absolute Gasteiger partial charge is 0.308 e. The van der Waals surface area contributed by atoms with Crippen molar-refractivity contribution in [2.24, 2.45) is 17.8 Å².